The van der Waals surface area contributed by atoms with Crippen molar-refractivity contribution in [3.8, 4) is 0 Å². The lowest BCUT2D eigenvalue weighted by molar-refractivity contribution is 0.320. The quantitative estimate of drug-likeness (QED) is 0.846. The Labute approximate surface area is 101 Å². The largest absolute Gasteiger partial charge is 0.356 e. The van der Waals surface area contributed by atoms with E-state index >= 15 is 0 Å². The highest BCUT2D eigenvalue weighted by atomic mass is 32.1. The maximum absolute atomic E-state index is 5.85. The Morgan fingerprint density at radius 1 is 1.44 bits per heavy atom. The Kier molecular flexibility index (Phi) is 4.12. The van der Waals surface area contributed by atoms with Crippen molar-refractivity contribution in [1.82, 2.24) is 9.36 Å². The first-order chi connectivity index (χ1) is 7.79. The molecule has 1 heterocycles. The van der Waals surface area contributed by atoms with Crippen LogP contribution in [-0.2, 0) is 0 Å². The molecule has 0 spiro atoms. The van der Waals surface area contributed by atoms with Crippen LogP contribution in [0.2, 0.25) is 0 Å². The van der Waals surface area contributed by atoms with E-state index in [1.54, 1.807) is 0 Å². The summed E-state index contributed by atoms with van der Waals surface area (Å²) in [5.41, 5.74) is 5.85. The zero-order valence-corrected chi connectivity index (χ0v) is 10.6. The summed E-state index contributed by atoms with van der Waals surface area (Å²) in [5, 5.41) is 4.35. The van der Waals surface area contributed by atoms with Gasteiger partial charge in [-0.15, -0.1) is 0 Å². The van der Waals surface area contributed by atoms with E-state index in [-0.39, 0.29) is 0 Å². The van der Waals surface area contributed by atoms with E-state index in [2.05, 4.69) is 14.7 Å². The van der Waals surface area contributed by atoms with Crippen LogP contribution in [0.1, 0.15) is 37.9 Å². The van der Waals surface area contributed by atoms with Crippen molar-refractivity contribution in [1.29, 1.82) is 0 Å². The lowest BCUT2D eigenvalue weighted by atomic mass is 9.84. The summed E-state index contributed by atoms with van der Waals surface area (Å²) in [6.45, 7) is 2.60. The van der Waals surface area contributed by atoms with Gasteiger partial charge in [0.15, 0.2) is 0 Å². The molecule has 0 aromatic carbocycles. The van der Waals surface area contributed by atoms with Crippen LogP contribution in [0.3, 0.4) is 0 Å². The third-order valence-electron chi connectivity index (χ3n) is 3.31. The molecule has 0 aliphatic heterocycles. The fourth-order valence-electron chi connectivity index (χ4n) is 2.42. The summed E-state index contributed by atoms with van der Waals surface area (Å²) in [6, 6.07) is 0.368. The van der Waals surface area contributed by atoms with Gasteiger partial charge in [-0.3, -0.25) is 0 Å². The lowest BCUT2D eigenvalue weighted by Gasteiger charge is -2.29. The first kappa shape index (κ1) is 11.8. The van der Waals surface area contributed by atoms with Crippen LogP contribution in [0.5, 0.6) is 0 Å². The zero-order chi connectivity index (χ0) is 11.4. The summed E-state index contributed by atoms with van der Waals surface area (Å²) in [4.78, 5) is 4.33. The van der Waals surface area contributed by atoms with Crippen molar-refractivity contribution in [3.05, 3.63) is 5.82 Å². The number of hydrogen-bond acceptors (Lipinski definition) is 5. The number of aryl methyl sites for hydroxylation is 1. The molecule has 90 valence electrons. The van der Waals surface area contributed by atoms with Crippen LogP contribution < -0.4 is 11.1 Å². The van der Waals surface area contributed by atoms with Gasteiger partial charge in [-0.05, 0) is 25.7 Å². The molecule has 1 atom stereocenters. The molecule has 1 fully saturated rings. The molecular weight excluding hydrogens is 220 g/mol. The van der Waals surface area contributed by atoms with Crippen molar-refractivity contribution in [3.63, 3.8) is 0 Å². The highest BCUT2D eigenvalue weighted by Crippen LogP contribution is 2.28. The van der Waals surface area contributed by atoms with E-state index in [0.29, 0.717) is 18.5 Å². The van der Waals surface area contributed by atoms with Crippen molar-refractivity contribution in [2.24, 2.45) is 11.7 Å². The average Bonchev–Trinajstić information content (AvgIpc) is 2.73. The molecular formula is C11H20N4S. The summed E-state index contributed by atoms with van der Waals surface area (Å²) < 4.78 is 4.18. The van der Waals surface area contributed by atoms with Gasteiger partial charge in [0.05, 0.1) is 0 Å². The van der Waals surface area contributed by atoms with Crippen LogP contribution >= 0.6 is 11.5 Å². The van der Waals surface area contributed by atoms with Gasteiger partial charge < -0.3 is 11.1 Å². The number of aromatic nitrogens is 2. The molecule has 1 aliphatic carbocycles. The Bertz CT molecular complexity index is 320. The van der Waals surface area contributed by atoms with E-state index in [1.165, 1.54) is 43.6 Å². The summed E-state index contributed by atoms with van der Waals surface area (Å²) in [5.74, 6) is 1.55. The molecule has 0 amide bonds. The van der Waals surface area contributed by atoms with Gasteiger partial charge in [0, 0.05) is 24.1 Å². The maximum Gasteiger partial charge on any atom is 0.202 e. The van der Waals surface area contributed by atoms with E-state index in [4.69, 9.17) is 5.73 Å². The van der Waals surface area contributed by atoms with Crippen LogP contribution in [0, 0.1) is 12.8 Å². The van der Waals surface area contributed by atoms with E-state index in [0.717, 1.165) is 11.0 Å². The minimum atomic E-state index is 0.368. The van der Waals surface area contributed by atoms with Gasteiger partial charge in [-0.2, -0.15) is 4.37 Å². The topological polar surface area (TPSA) is 63.8 Å². The molecule has 1 saturated carbocycles. The van der Waals surface area contributed by atoms with E-state index in [9.17, 15) is 0 Å². The SMILES string of the molecule is Cc1nsc(NC(CN)C2CCCCC2)n1. The van der Waals surface area contributed by atoms with Crippen LogP contribution in [0.15, 0.2) is 0 Å². The van der Waals surface area contributed by atoms with Crippen molar-refractivity contribution >= 4 is 16.7 Å². The molecule has 0 bridgehead atoms. The minimum Gasteiger partial charge on any atom is -0.356 e. The summed E-state index contributed by atoms with van der Waals surface area (Å²) in [6.07, 6.45) is 6.67. The Morgan fingerprint density at radius 3 is 2.75 bits per heavy atom. The number of nitrogens with two attached hydrogens (primary N) is 1. The molecule has 0 saturated heterocycles. The molecule has 4 nitrogen and oxygen atoms in total. The normalized spacial score (nSPS) is 19.6. The Balaban J connectivity index is 1.94. The third-order valence-corrected chi connectivity index (χ3v) is 4.05. The van der Waals surface area contributed by atoms with Gasteiger partial charge in [0.25, 0.3) is 0 Å². The van der Waals surface area contributed by atoms with Gasteiger partial charge in [-0.25, -0.2) is 4.98 Å². The predicted octanol–water partition coefficient (Wildman–Crippen LogP) is 2.17. The molecule has 2 rings (SSSR count). The minimum absolute atomic E-state index is 0.368. The second-order valence-corrected chi connectivity index (χ2v) is 5.28. The van der Waals surface area contributed by atoms with E-state index in [1.807, 2.05) is 6.92 Å². The van der Waals surface area contributed by atoms with Gasteiger partial charge in [0.2, 0.25) is 5.13 Å². The lowest BCUT2D eigenvalue weighted by Crippen LogP contribution is -2.37. The second-order valence-electron chi connectivity index (χ2n) is 4.53. The predicted molar refractivity (Wildman–Crippen MR) is 67.7 cm³/mol. The van der Waals surface area contributed by atoms with Crippen LogP contribution in [0.25, 0.3) is 0 Å². The second kappa shape index (κ2) is 5.59. The first-order valence-corrected chi connectivity index (χ1v) is 6.84. The first-order valence-electron chi connectivity index (χ1n) is 6.06. The Hall–Kier alpha value is -0.680. The molecule has 1 aromatic heterocycles. The van der Waals surface area contributed by atoms with Crippen molar-refractivity contribution in [2.75, 3.05) is 11.9 Å². The fraction of sp³-hybridized carbons (Fsp3) is 0.818. The average molecular weight is 240 g/mol. The standard InChI is InChI=1S/C11H20N4S/c1-8-13-11(16-15-8)14-10(7-12)9-5-3-2-4-6-9/h9-10H,2-7,12H2,1H3,(H,13,14,15). The molecule has 1 unspecified atom stereocenters. The maximum atomic E-state index is 5.85. The zero-order valence-electron chi connectivity index (χ0n) is 9.78. The molecule has 0 radical (unpaired) electrons. The van der Waals surface area contributed by atoms with Crippen LogP contribution in [0.4, 0.5) is 5.13 Å². The van der Waals surface area contributed by atoms with E-state index < -0.39 is 0 Å². The number of nitrogens with zero attached hydrogens (tertiary/aromatic N) is 2. The summed E-state index contributed by atoms with van der Waals surface area (Å²) in [7, 11) is 0. The molecule has 1 aliphatic rings. The molecule has 1 aromatic rings. The van der Waals surface area contributed by atoms with Gasteiger partial charge in [-0.1, -0.05) is 19.3 Å². The van der Waals surface area contributed by atoms with Crippen LogP contribution in [-0.4, -0.2) is 21.9 Å². The number of rotatable bonds is 4. The number of hydrogen-bond donors (Lipinski definition) is 2. The molecule has 16 heavy (non-hydrogen) atoms. The fourth-order valence-corrected chi connectivity index (χ4v) is 3.06. The third kappa shape index (κ3) is 2.92. The Morgan fingerprint density at radius 2 is 2.19 bits per heavy atom. The number of nitrogens with one attached hydrogen (secondary N) is 1. The van der Waals surface area contributed by atoms with Gasteiger partial charge in [0.1, 0.15) is 5.82 Å². The summed E-state index contributed by atoms with van der Waals surface area (Å²) >= 11 is 1.43. The highest BCUT2D eigenvalue weighted by Gasteiger charge is 2.23. The number of anilines is 1. The van der Waals surface area contributed by atoms with Crippen molar-refractivity contribution in [2.45, 2.75) is 45.1 Å². The molecule has 5 heteroatoms. The molecule has 3 N–H and O–H groups in total. The smallest absolute Gasteiger partial charge is 0.202 e. The highest BCUT2D eigenvalue weighted by molar-refractivity contribution is 7.09. The monoisotopic (exact) mass is 240 g/mol. The van der Waals surface area contributed by atoms with Crippen molar-refractivity contribution < 1.29 is 0 Å². The van der Waals surface area contributed by atoms with Gasteiger partial charge >= 0.3 is 0 Å².